The van der Waals surface area contributed by atoms with Gasteiger partial charge in [-0.2, -0.15) is 0 Å². The van der Waals surface area contributed by atoms with Crippen molar-refractivity contribution < 1.29 is 28.6 Å². The first-order valence-electron chi connectivity index (χ1n) is 29.7. The summed E-state index contributed by atoms with van der Waals surface area (Å²) in [6, 6.07) is 0. The SMILES string of the molecule is CC/C=C/C/C=C/C/C=C/C/C=C/C/C=C/CCCCCC(=O)OC[C@@H](COC(=O)CCCCCCCCC/C=C/C/C=C/CCCCC)OC(=O)CCCCC/C=C/C/C=C/C/C=C/C/C=C/CCCCC. The summed E-state index contributed by atoms with van der Waals surface area (Å²) >= 11 is 0. The van der Waals surface area contributed by atoms with Gasteiger partial charge in [-0.15, -0.1) is 0 Å². The lowest BCUT2D eigenvalue weighted by atomic mass is 10.1. The van der Waals surface area contributed by atoms with Crippen molar-refractivity contribution in [2.75, 3.05) is 13.2 Å². The highest BCUT2D eigenvalue weighted by atomic mass is 16.6. The molecule has 0 radical (unpaired) electrons. The highest BCUT2D eigenvalue weighted by molar-refractivity contribution is 5.71. The van der Waals surface area contributed by atoms with Gasteiger partial charge in [0.05, 0.1) is 0 Å². The van der Waals surface area contributed by atoms with E-state index < -0.39 is 6.10 Å². The van der Waals surface area contributed by atoms with Crippen LogP contribution in [0.5, 0.6) is 0 Å². The maximum atomic E-state index is 12.9. The molecular formula is C67H108O6. The molecule has 0 saturated heterocycles. The molecule has 0 aromatic heterocycles. The summed E-state index contributed by atoms with van der Waals surface area (Å²) in [4.78, 5) is 38.2. The van der Waals surface area contributed by atoms with Crippen LogP contribution in [0.2, 0.25) is 0 Å². The number of unbranched alkanes of at least 4 members (excludes halogenated alkanes) is 19. The molecule has 6 nitrogen and oxygen atoms in total. The molecule has 6 heteroatoms. The van der Waals surface area contributed by atoms with Crippen molar-refractivity contribution in [2.45, 2.75) is 258 Å². The minimum atomic E-state index is -0.818. The van der Waals surface area contributed by atoms with Gasteiger partial charge in [0.2, 0.25) is 0 Å². The molecule has 0 aromatic rings. The molecule has 0 unspecified atom stereocenters. The summed E-state index contributed by atoms with van der Waals surface area (Å²) in [5.74, 6) is -0.984. The zero-order valence-electron chi connectivity index (χ0n) is 47.1. The maximum Gasteiger partial charge on any atom is 0.306 e. The van der Waals surface area contributed by atoms with Crippen molar-refractivity contribution in [3.8, 4) is 0 Å². The second-order valence-corrected chi connectivity index (χ2v) is 19.2. The Balaban J connectivity index is 4.55. The van der Waals surface area contributed by atoms with Crippen LogP contribution in [-0.4, -0.2) is 37.2 Å². The minimum Gasteiger partial charge on any atom is -0.462 e. The highest BCUT2D eigenvalue weighted by Crippen LogP contribution is 2.13. The number of allylic oxidation sites excluding steroid dienone is 22. The van der Waals surface area contributed by atoms with E-state index in [1.54, 1.807) is 0 Å². The van der Waals surface area contributed by atoms with Crippen LogP contribution in [0.15, 0.2) is 134 Å². The smallest absolute Gasteiger partial charge is 0.306 e. The van der Waals surface area contributed by atoms with Crippen molar-refractivity contribution >= 4 is 17.9 Å². The fourth-order valence-corrected chi connectivity index (χ4v) is 7.66. The molecule has 0 aliphatic carbocycles. The Kier molecular flexibility index (Phi) is 56.4. The lowest BCUT2D eigenvalue weighted by molar-refractivity contribution is -0.167. The maximum absolute atomic E-state index is 12.9. The molecule has 0 aliphatic rings. The Labute approximate surface area is 449 Å². The van der Waals surface area contributed by atoms with Gasteiger partial charge in [0.25, 0.3) is 0 Å². The predicted octanol–water partition coefficient (Wildman–Crippen LogP) is 20.2. The van der Waals surface area contributed by atoms with E-state index in [0.29, 0.717) is 19.3 Å². The van der Waals surface area contributed by atoms with E-state index in [4.69, 9.17) is 14.2 Å². The molecule has 0 saturated carbocycles. The third-order valence-corrected chi connectivity index (χ3v) is 12.1. The molecule has 0 aromatic carbocycles. The summed E-state index contributed by atoms with van der Waals surface area (Å²) < 4.78 is 16.8. The Morgan fingerprint density at radius 1 is 0.288 bits per heavy atom. The Hall–Kier alpha value is -4.45. The van der Waals surface area contributed by atoms with E-state index in [1.807, 2.05) is 0 Å². The normalized spacial score (nSPS) is 13.1. The quantitative estimate of drug-likeness (QED) is 0.0261. The highest BCUT2D eigenvalue weighted by Gasteiger charge is 2.19. The first-order valence-corrected chi connectivity index (χ1v) is 29.7. The average molecular weight is 1010 g/mol. The molecule has 0 bridgehead atoms. The van der Waals surface area contributed by atoms with Crippen LogP contribution < -0.4 is 0 Å². The average Bonchev–Trinajstić information content (AvgIpc) is 3.39. The molecule has 0 rings (SSSR count). The zero-order chi connectivity index (χ0) is 52.9. The van der Waals surface area contributed by atoms with Gasteiger partial charge < -0.3 is 14.2 Å². The van der Waals surface area contributed by atoms with E-state index in [0.717, 1.165) is 128 Å². The van der Waals surface area contributed by atoms with Gasteiger partial charge in [-0.1, -0.05) is 225 Å². The van der Waals surface area contributed by atoms with Gasteiger partial charge >= 0.3 is 17.9 Å². The van der Waals surface area contributed by atoms with Gasteiger partial charge in [0.15, 0.2) is 6.10 Å². The van der Waals surface area contributed by atoms with E-state index in [1.165, 1.54) is 77.0 Å². The first kappa shape index (κ1) is 68.6. The number of carbonyl (C=O) groups excluding carboxylic acids is 3. The van der Waals surface area contributed by atoms with Gasteiger partial charge in [0, 0.05) is 19.3 Å². The second-order valence-electron chi connectivity index (χ2n) is 19.2. The van der Waals surface area contributed by atoms with E-state index >= 15 is 0 Å². The summed E-state index contributed by atoms with van der Waals surface area (Å²) in [6.07, 6.45) is 84.3. The van der Waals surface area contributed by atoms with Crippen LogP contribution in [-0.2, 0) is 28.6 Å². The summed E-state index contributed by atoms with van der Waals surface area (Å²) in [6.45, 7) is 6.41. The Bertz CT molecular complexity index is 1580. The van der Waals surface area contributed by atoms with Gasteiger partial charge in [-0.3, -0.25) is 14.4 Å². The zero-order valence-corrected chi connectivity index (χ0v) is 47.1. The van der Waals surface area contributed by atoms with Crippen LogP contribution >= 0.6 is 0 Å². The lowest BCUT2D eigenvalue weighted by Crippen LogP contribution is -2.30. The lowest BCUT2D eigenvalue weighted by Gasteiger charge is -2.18. The minimum absolute atomic E-state index is 0.110. The van der Waals surface area contributed by atoms with E-state index in [9.17, 15) is 14.4 Å². The number of hydrogen-bond acceptors (Lipinski definition) is 6. The first-order chi connectivity index (χ1) is 36.0. The Morgan fingerprint density at radius 3 is 0.849 bits per heavy atom. The Morgan fingerprint density at radius 2 is 0.534 bits per heavy atom. The number of carbonyl (C=O) groups is 3. The van der Waals surface area contributed by atoms with Crippen LogP contribution in [0, 0.1) is 0 Å². The molecule has 412 valence electrons. The number of esters is 3. The fraction of sp³-hybridized carbons (Fsp3) is 0.627. The molecule has 0 fully saturated rings. The molecule has 0 aliphatic heterocycles. The summed E-state index contributed by atoms with van der Waals surface area (Å²) in [5, 5.41) is 0. The molecule has 0 N–H and O–H groups in total. The van der Waals surface area contributed by atoms with Crippen LogP contribution in [0.3, 0.4) is 0 Å². The van der Waals surface area contributed by atoms with Crippen LogP contribution in [0.4, 0.5) is 0 Å². The summed E-state index contributed by atoms with van der Waals surface area (Å²) in [5.41, 5.74) is 0. The van der Waals surface area contributed by atoms with Crippen molar-refractivity contribution in [3.05, 3.63) is 134 Å². The third kappa shape index (κ3) is 58.3. The fourth-order valence-electron chi connectivity index (χ4n) is 7.66. The monoisotopic (exact) mass is 1010 g/mol. The molecule has 1 atom stereocenters. The molecule has 0 spiro atoms. The van der Waals surface area contributed by atoms with E-state index in [2.05, 4.69) is 154 Å². The van der Waals surface area contributed by atoms with Crippen LogP contribution in [0.25, 0.3) is 0 Å². The third-order valence-electron chi connectivity index (χ3n) is 12.1. The molecule has 73 heavy (non-hydrogen) atoms. The van der Waals surface area contributed by atoms with Gasteiger partial charge in [-0.25, -0.2) is 0 Å². The largest absolute Gasteiger partial charge is 0.462 e. The van der Waals surface area contributed by atoms with Crippen molar-refractivity contribution in [2.24, 2.45) is 0 Å². The predicted molar refractivity (Wildman–Crippen MR) is 316 cm³/mol. The van der Waals surface area contributed by atoms with Gasteiger partial charge in [0.1, 0.15) is 13.2 Å². The number of hydrogen-bond donors (Lipinski definition) is 0. The van der Waals surface area contributed by atoms with Crippen molar-refractivity contribution in [3.63, 3.8) is 0 Å². The summed E-state index contributed by atoms with van der Waals surface area (Å²) in [7, 11) is 0. The van der Waals surface area contributed by atoms with Crippen LogP contribution in [0.1, 0.15) is 252 Å². The molecular weight excluding hydrogens is 901 g/mol. The van der Waals surface area contributed by atoms with E-state index in [-0.39, 0.29) is 37.5 Å². The number of ether oxygens (including phenoxy) is 3. The van der Waals surface area contributed by atoms with Crippen molar-refractivity contribution in [1.82, 2.24) is 0 Å². The topological polar surface area (TPSA) is 78.9 Å². The molecule has 0 heterocycles. The second kappa shape index (κ2) is 60.1. The molecule has 0 amide bonds. The standard InChI is InChI=1S/C67H108O6/c1-4-7-10-13-16-19-22-25-28-31-33-36-39-42-45-48-51-54-57-60-66(69)72-63-64(62-71-65(68)59-56-53-50-47-44-41-38-35-30-27-24-21-18-15-12-9-6-3)73-67(70)61-58-55-52-49-46-43-40-37-34-32-29-26-23-20-17-14-11-8-5-2/h7,10,16-21,25-30,33-34,36-37,42-43,45-46,64H,4-6,8-9,11-15,22-24,31-32,35,38-41,44,47-63H2,1-3H3/b10-7+,19-16+,20-17+,21-18+,28-25+,29-26+,30-27+,36-33+,37-34+,45-42+,46-43+/t64-/m1/s1. The number of rotatable bonds is 52. The van der Waals surface area contributed by atoms with Crippen molar-refractivity contribution in [1.29, 1.82) is 0 Å². The van der Waals surface area contributed by atoms with Gasteiger partial charge in [-0.05, 0) is 141 Å².